The van der Waals surface area contributed by atoms with E-state index in [0.29, 0.717) is 5.82 Å². The normalized spacial score (nSPS) is 26.7. The van der Waals surface area contributed by atoms with Gasteiger partial charge in [0, 0.05) is 13.1 Å². The molecule has 0 amide bonds. The number of hydrogen-bond acceptors (Lipinski definition) is 5. The predicted molar refractivity (Wildman–Crippen MR) is 66.2 cm³/mol. The van der Waals surface area contributed by atoms with Crippen molar-refractivity contribution in [3.63, 3.8) is 0 Å². The van der Waals surface area contributed by atoms with Crippen LogP contribution in [0.25, 0.3) is 0 Å². The molecule has 2 rings (SSSR count). The lowest BCUT2D eigenvalue weighted by molar-refractivity contribution is 0.0444. The van der Waals surface area contributed by atoms with Crippen LogP contribution in [0.3, 0.4) is 0 Å². The number of aromatic nitrogens is 2. The zero-order chi connectivity index (χ0) is 12.3. The average molecular weight is 236 g/mol. The molecule has 1 atom stereocenters. The molecule has 1 aromatic rings. The van der Waals surface area contributed by atoms with Crippen LogP contribution >= 0.6 is 0 Å². The van der Waals surface area contributed by atoms with Crippen molar-refractivity contribution >= 4 is 5.82 Å². The molecule has 5 heteroatoms. The van der Waals surface area contributed by atoms with E-state index in [1.54, 1.807) is 12.4 Å². The number of nitrogens with two attached hydrogens (primary N) is 1. The highest BCUT2D eigenvalue weighted by Gasteiger charge is 2.24. The van der Waals surface area contributed by atoms with Gasteiger partial charge in [0.05, 0.1) is 23.7 Å². The first-order valence-electron chi connectivity index (χ1n) is 6.06. The first kappa shape index (κ1) is 12.3. The molecule has 0 radical (unpaired) electrons. The molecule has 0 spiro atoms. The second-order valence-corrected chi connectivity index (χ2v) is 5.06. The number of anilines is 1. The molecule has 1 unspecified atom stereocenters. The minimum Gasteiger partial charge on any atom is -0.390 e. The Morgan fingerprint density at radius 2 is 2.18 bits per heavy atom. The van der Waals surface area contributed by atoms with Gasteiger partial charge in [0.2, 0.25) is 0 Å². The molecule has 5 nitrogen and oxygen atoms in total. The average Bonchev–Trinajstić information content (AvgIpc) is 2.44. The Labute approximate surface area is 102 Å². The molecule has 1 aliphatic rings. The minimum atomic E-state index is -0.512. The maximum absolute atomic E-state index is 10.0. The molecule has 1 aromatic heterocycles. The highest BCUT2D eigenvalue weighted by atomic mass is 16.3. The van der Waals surface area contributed by atoms with E-state index in [4.69, 9.17) is 5.73 Å². The summed E-state index contributed by atoms with van der Waals surface area (Å²) in [5, 5.41) is 10.0. The maximum Gasteiger partial charge on any atom is 0.141 e. The van der Waals surface area contributed by atoms with Crippen molar-refractivity contribution in [1.82, 2.24) is 14.9 Å². The van der Waals surface area contributed by atoms with Gasteiger partial charge in [-0.05, 0) is 32.7 Å². The van der Waals surface area contributed by atoms with Crippen molar-refractivity contribution < 1.29 is 5.11 Å². The summed E-state index contributed by atoms with van der Waals surface area (Å²) in [6.07, 6.45) is 6.02. The van der Waals surface area contributed by atoms with Gasteiger partial charge in [0.15, 0.2) is 0 Å². The summed E-state index contributed by atoms with van der Waals surface area (Å²) in [5.41, 5.74) is 5.92. The lowest BCUT2D eigenvalue weighted by atomic mass is 9.98. The molecular formula is C12H20N4O. The molecule has 1 fully saturated rings. The van der Waals surface area contributed by atoms with E-state index in [1.165, 1.54) is 0 Å². The van der Waals surface area contributed by atoms with Crippen LogP contribution in [0.15, 0.2) is 12.4 Å². The van der Waals surface area contributed by atoms with Crippen LogP contribution in [0.2, 0.25) is 0 Å². The van der Waals surface area contributed by atoms with Gasteiger partial charge in [0.25, 0.3) is 0 Å². The third-order valence-electron chi connectivity index (χ3n) is 3.27. The molecule has 0 aromatic carbocycles. The van der Waals surface area contributed by atoms with Crippen LogP contribution in [-0.4, -0.2) is 38.7 Å². The highest BCUT2D eigenvalue weighted by molar-refractivity contribution is 5.22. The highest BCUT2D eigenvalue weighted by Crippen LogP contribution is 2.21. The predicted octanol–water partition coefficient (Wildman–Crippen LogP) is 0.796. The van der Waals surface area contributed by atoms with Gasteiger partial charge in [-0.25, -0.2) is 4.98 Å². The van der Waals surface area contributed by atoms with Crippen LogP contribution in [0.1, 0.15) is 31.9 Å². The summed E-state index contributed by atoms with van der Waals surface area (Å²) in [5.74, 6) is 0.451. The van der Waals surface area contributed by atoms with Crippen molar-refractivity contribution in [3.8, 4) is 0 Å². The third-order valence-corrected chi connectivity index (χ3v) is 3.27. The second kappa shape index (κ2) is 4.98. The largest absolute Gasteiger partial charge is 0.390 e. The lowest BCUT2D eigenvalue weighted by Crippen LogP contribution is -2.28. The molecule has 2 heterocycles. The summed E-state index contributed by atoms with van der Waals surface area (Å²) >= 11 is 0. The number of nitrogen functional groups attached to an aromatic ring is 1. The van der Waals surface area contributed by atoms with Gasteiger partial charge in [-0.15, -0.1) is 0 Å². The zero-order valence-electron chi connectivity index (χ0n) is 10.3. The van der Waals surface area contributed by atoms with Crippen LogP contribution in [-0.2, 0) is 6.54 Å². The van der Waals surface area contributed by atoms with Crippen molar-refractivity contribution in [2.24, 2.45) is 0 Å². The van der Waals surface area contributed by atoms with Crippen LogP contribution in [0, 0.1) is 0 Å². The fourth-order valence-corrected chi connectivity index (χ4v) is 2.15. The van der Waals surface area contributed by atoms with E-state index in [9.17, 15) is 5.11 Å². The summed E-state index contributed by atoms with van der Waals surface area (Å²) in [7, 11) is 0. The van der Waals surface area contributed by atoms with E-state index in [0.717, 1.165) is 44.6 Å². The van der Waals surface area contributed by atoms with Gasteiger partial charge < -0.3 is 10.8 Å². The second-order valence-electron chi connectivity index (χ2n) is 5.06. The molecule has 17 heavy (non-hydrogen) atoms. The fourth-order valence-electron chi connectivity index (χ4n) is 2.15. The van der Waals surface area contributed by atoms with E-state index in [1.807, 2.05) is 6.92 Å². The van der Waals surface area contributed by atoms with Crippen LogP contribution in [0.5, 0.6) is 0 Å². The van der Waals surface area contributed by atoms with E-state index < -0.39 is 5.60 Å². The zero-order valence-corrected chi connectivity index (χ0v) is 10.3. The minimum absolute atomic E-state index is 0.451. The Morgan fingerprint density at radius 1 is 1.35 bits per heavy atom. The SMILES string of the molecule is CC1(O)CCCN(Cc2cnc(N)cn2)CC1. The first-order chi connectivity index (χ1) is 8.05. The van der Waals surface area contributed by atoms with Gasteiger partial charge in [0.1, 0.15) is 5.82 Å². The van der Waals surface area contributed by atoms with E-state index in [-0.39, 0.29) is 0 Å². The van der Waals surface area contributed by atoms with Crippen molar-refractivity contribution in [2.75, 3.05) is 18.8 Å². The Kier molecular flexibility index (Phi) is 3.59. The number of nitrogens with zero attached hydrogens (tertiary/aromatic N) is 3. The number of likely N-dealkylation sites (tertiary alicyclic amines) is 1. The third kappa shape index (κ3) is 3.64. The summed E-state index contributed by atoms with van der Waals surface area (Å²) in [6.45, 7) is 4.60. The Balaban J connectivity index is 1.93. The fraction of sp³-hybridized carbons (Fsp3) is 0.667. The first-order valence-corrected chi connectivity index (χ1v) is 6.06. The standard InChI is InChI=1S/C12H20N4O/c1-12(17)3-2-5-16(6-4-12)9-10-7-15-11(13)8-14-10/h7-8,17H,2-6,9H2,1H3,(H2,13,15). The van der Waals surface area contributed by atoms with Gasteiger partial charge >= 0.3 is 0 Å². The smallest absolute Gasteiger partial charge is 0.141 e. The van der Waals surface area contributed by atoms with E-state index >= 15 is 0 Å². The molecule has 0 aliphatic carbocycles. The monoisotopic (exact) mass is 236 g/mol. The Bertz CT molecular complexity index is 363. The molecule has 0 bridgehead atoms. The number of aliphatic hydroxyl groups is 1. The van der Waals surface area contributed by atoms with Gasteiger partial charge in [-0.1, -0.05) is 0 Å². The van der Waals surface area contributed by atoms with Crippen molar-refractivity contribution in [1.29, 1.82) is 0 Å². The summed E-state index contributed by atoms with van der Waals surface area (Å²) in [4.78, 5) is 10.6. The molecule has 94 valence electrons. The molecule has 0 saturated carbocycles. The maximum atomic E-state index is 10.0. The number of rotatable bonds is 2. The quantitative estimate of drug-likeness (QED) is 0.794. The molecule has 3 N–H and O–H groups in total. The van der Waals surface area contributed by atoms with Crippen LogP contribution in [0.4, 0.5) is 5.82 Å². The molecule has 1 aliphatic heterocycles. The molecular weight excluding hydrogens is 216 g/mol. The van der Waals surface area contributed by atoms with Gasteiger partial charge in [-0.3, -0.25) is 9.88 Å². The van der Waals surface area contributed by atoms with Crippen molar-refractivity contribution in [2.45, 2.75) is 38.3 Å². The van der Waals surface area contributed by atoms with Gasteiger partial charge in [-0.2, -0.15) is 0 Å². The van der Waals surface area contributed by atoms with Crippen LogP contribution < -0.4 is 5.73 Å². The van der Waals surface area contributed by atoms with Crippen molar-refractivity contribution in [3.05, 3.63) is 18.1 Å². The lowest BCUT2D eigenvalue weighted by Gasteiger charge is -2.22. The van der Waals surface area contributed by atoms with E-state index in [2.05, 4.69) is 14.9 Å². The number of hydrogen-bond donors (Lipinski definition) is 2. The topological polar surface area (TPSA) is 75.3 Å². The summed E-state index contributed by atoms with van der Waals surface area (Å²) < 4.78 is 0. The Hall–Kier alpha value is -1.20. The Morgan fingerprint density at radius 3 is 2.88 bits per heavy atom. The summed E-state index contributed by atoms with van der Waals surface area (Å²) in [6, 6.07) is 0. The molecule has 1 saturated heterocycles.